The van der Waals surface area contributed by atoms with Crippen LogP contribution in [0.1, 0.15) is 11.3 Å². The number of aromatic nitrogens is 1. The first-order chi connectivity index (χ1) is 13.5. The van der Waals surface area contributed by atoms with E-state index in [-0.39, 0.29) is 4.90 Å². The van der Waals surface area contributed by atoms with Gasteiger partial charge < -0.3 is 4.90 Å². The van der Waals surface area contributed by atoms with E-state index in [1.165, 1.54) is 34.1 Å². The Kier molecular flexibility index (Phi) is 5.43. The molecule has 4 rings (SSSR count). The Bertz CT molecular complexity index is 1030. The summed E-state index contributed by atoms with van der Waals surface area (Å²) in [4.78, 5) is 6.97. The molecule has 3 aromatic rings. The van der Waals surface area contributed by atoms with Crippen molar-refractivity contribution in [3.63, 3.8) is 0 Å². The van der Waals surface area contributed by atoms with Gasteiger partial charge >= 0.3 is 0 Å². The van der Waals surface area contributed by atoms with Gasteiger partial charge in [0.05, 0.1) is 10.6 Å². The molecule has 28 heavy (non-hydrogen) atoms. The number of hydrogen-bond donors (Lipinski definition) is 0. The maximum absolute atomic E-state index is 13.1. The van der Waals surface area contributed by atoms with Crippen LogP contribution < -0.4 is 4.90 Å². The topological polar surface area (TPSA) is 53.5 Å². The van der Waals surface area contributed by atoms with Crippen LogP contribution in [-0.2, 0) is 16.4 Å². The number of thiazole rings is 1. The number of sulfonamides is 1. The first-order valence-electron chi connectivity index (χ1n) is 9.01. The van der Waals surface area contributed by atoms with E-state index in [1.807, 2.05) is 18.2 Å². The van der Waals surface area contributed by atoms with E-state index >= 15 is 0 Å². The lowest BCUT2D eigenvalue weighted by atomic mass is 10.1. The highest BCUT2D eigenvalue weighted by molar-refractivity contribution is 7.89. The molecule has 1 fully saturated rings. The van der Waals surface area contributed by atoms with Crippen LogP contribution in [0.25, 0.3) is 0 Å². The van der Waals surface area contributed by atoms with Gasteiger partial charge in [-0.05, 0) is 29.8 Å². The van der Waals surface area contributed by atoms with Crippen LogP contribution in [0.5, 0.6) is 0 Å². The molecule has 1 aliphatic rings. The van der Waals surface area contributed by atoms with E-state index in [4.69, 9.17) is 4.98 Å². The molecule has 0 N–H and O–H groups in total. The molecule has 1 aliphatic heterocycles. The van der Waals surface area contributed by atoms with Gasteiger partial charge in [-0.15, -0.1) is 11.3 Å². The predicted octanol–water partition coefficient (Wildman–Crippen LogP) is 3.38. The van der Waals surface area contributed by atoms with E-state index in [0.717, 1.165) is 17.2 Å². The number of benzene rings is 2. The van der Waals surface area contributed by atoms with Crippen molar-refractivity contribution in [1.29, 1.82) is 0 Å². The van der Waals surface area contributed by atoms with E-state index in [2.05, 4.69) is 22.4 Å². The Labute approximate surface area is 168 Å². The molecule has 0 radical (unpaired) electrons. The van der Waals surface area contributed by atoms with Gasteiger partial charge in [0.2, 0.25) is 10.0 Å². The zero-order valence-corrected chi connectivity index (χ0v) is 16.8. The van der Waals surface area contributed by atoms with Crippen molar-refractivity contribution in [3.8, 4) is 0 Å². The Hall–Kier alpha value is -2.29. The van der Waals surface area contributed by atoms with Gasteiger partial charge in [-0.2, -0.15) is 4.31 Å². The third-order valence-corrected chi connectivity index (χ3v) is 7.59. The van der Waals surface area contributed by atoms with Crippen LogP contribution in [0.4, 0.5) is 9.52 Å². The average Bonchev–Trinajstić information content (AvgIpc) is 3.18. The molecule has 0 atom stereocenters. The maximum Gasteiger partial charge on any atom is 0.243 e. The first-order valence-corrected chi connectivity index (χ1v) is 11.3. The van der Waals surface area contributed by atoms with E-state index in [9.17, 15) is 12.8 Å². The fourth-order valence-electron chi connectivity index (χ4n) is 3.20. The van der Waals surface area contributed by atoms with Gasteiger partial charge in [-0.3, -0.25) is 0 Å². The fourth-order valence-corrected chi connectivity index (χ4v) is 5.50. The van der Waals surface area contributed by atoms with Gasteiger partial charge in [-0.25, -0.2) is 17.8 Å². The standard InChI is InChI=1S/C20H20FN3O2S2/c21-17-6-8-19(9-7-17)28(25,26)24-12-10-23(11-13-24)20-22-18(15-27-20)14-16-4-2-1-3-5-16/h1-9,15H,10-14H2. The zero-order valence-electron chi connectivity index (χ0n) is 15.2. The van der Waals surface area contributed by atoms with Crippen molar-refractivity contribution in [2.75, 3.05) is 31.1 Å². The van der Waals surface area contributed by atoms with Gasteiger partial charge in [-0.1, -0.05) is 30.3 Å². The maximum atomic E-state index is 13.1. The molecule has 1 aromatic heterocycles. The number of anilines is 1. The predicted molar refractivity (Wildman–Crippen MR) is 109 cm³/mol. The summed E-state index contributed by atoms with van der Waals surface area (Å²) in [6, 6.07) is 15.2. The molecule has 1 saturated heterocycles. The molecule has 0 saturated carbocycles. The average molecular weight is 418 g/mol. The highest BCUT2D eigenvalue weighted by Crippen LogP contribution is 2.25. The van der Waals surface area contributed by atoms with Crippen LogP contribution in [-0.4, -0.2) is 43.9 Å². The molecule has 146 valence electrons. The minimum atomic E-state index is -3.60. The summed E-state index contributed by atoms with van der Waals surface area (Å²) in [6.07, 6.45) is 0.788. The molecule has 0 aliphatic carbocycles. The summed E-state index contributed by atoms with van der Waals surface area (Å²) >= 11 is 1.59. The van der Waals surface area contributed by atoms with Gasteiger partial charge in [0.25, 0.3) is 0 Å². The second kappa shape index (κ2) is 7.98. The van der Waals surface area contributed by atoms with Crippen molar-refractivity contribution in [1.82, 2.24) is 9.29 Å². The molecule has 8 heteroatoms. The summed E-state index contributed by atoms with van der Waals surface area (Å²) in [5.41, 5.74) is 2.24. The van der Waals surface area contributed by atoms with Crippen LogP contribution in [0.3, 0.4) is 0 Å². The van der Waals surface area contributed by atoms with Gasteiger partial charge in [0.1, 0.15) is 5.82 Å². The number of piperazine rings is 1. The highest BCUT2D eigenvalue weighted by Gasteiger charge is 2.29. The van der Waals surface area contributed by atoms with Crippen molar-refractivity contribution >= 4 is 26.5 Å². The smallest absolute Gasteiger partial charge is 0.243 e. The number of rotatable bonds is 5. The fraction of sp³-hybridized carbons (Fsp3) is 0.250. The second-order valence-electron chi connectivity index (χ2n) is 6.63. The summed E-state index contributed by atoms with van der Waals surface area (Å²) in [6.45, 7) is 1.93. The normalized spacial score (nSPS) is 15.7. The molecule has 2 aromatic carbocycles. The molecular formula is C20H20FN3O2S2. The lowest BCUT2D eigenvalue weighted by molar-refractivity contribution is 0.384. The van der Waals surface area contributed by atoms with Crippen molar-refractivity contribution in [2.45, 2.75) is 11.3 Å². The highest BCUT2D eigenvalue weighted by atomic mass is 32.2. The monoisotopic (exact) mass is 417 g/mol. The molecule has 0 spiro atoms. The Morgan fingerprint density at radius 3 is 2.32 bits per heavy atom. The first kappa shape index (κ1) is 19.0. The third-order valence-electron chi connectivity index (χ3n) is 4.73. The number of halogens is 1. The SMILES string of the molecule is O=S(=O)(c1ccc(F)cc1)N1CCN(c2nc(Cc3ccccc3)cs2)CC1. The summed E-state index contributed by atoms with van der Waals surface area (Å²) in [5, 5.41) is 2.98. The molecule has 0 amide bonds. The second-order valence-corrected chi connectivity index (χ2v) is 9.40. The van der Waals surface area contributed by atoms with Gasteiger partial charge in [0.15, 0.2) is 5.13 Å². The molecular weight excluding hydrogens is 397 g/mol. The van der Waals surface area contributed by atoms with Crippen LogP contribution in [0.2, 0.25) is 0 Å². The third kappa shape index (κ3) is 4.09. The number of hydrogen-bond acceptors (Lipinski definition) is 5. The van der Waals surface area contributed by atoms with Crippen LogP contribution in [0, 0.1) is 5.82 Å². The Balaban J connectivity index is 1.40. The Morgan fingerprint density at radius 1 is 0.964 bits per heavy atom. The lowest BCUT2D eigenvalue weighted by Gasteiger charge is -2.33. The summed E-state index contributed by atoms with van der Waals surface area (Å²) in [7, 11) is -3.60. The zero-order chi connectivity index (χ0) is 19.6. The van der Waals surface area contributed by atoms with Crippen molar-refractivity contribution in [2.24, 2.45) is 0 Å². The molecule has 2 heterocycles. The van der Waals surface area contributed by atoms with E-state index in [1.54, 1.807) is 11.3 Å². The summed E-state index contributed by atoms with van der Waals surface area (Å²) in [5.74, 6) is -0.446. The van der Waals surface area contributed by atoms with Gasteiger partial charge in [0, 0.05) is 38.0 Å². The quantitative estimate of drug-likeness (QED) is 0.639. The minimum Gasteiger partial charge on any atom is -0.345 e. The minimum absolute atomic E-state index is 0.127. The van der Waals surface area contributed by atoms with E-state index < -0.39 is 15.8 Å². The molecule has 0 unspecified atom stereocenters. The molecule has 5 nitrogen and oxygen atoms in total. The molecule has 0 bridgehead atoms. The largest absolute Gasteiger partial charge is 0.345 e. The lowest BCUT2D eigenvalue weighted by Crippen LogP contribution is -2.48. The van der Waals surface area contributed by atoms with Crippen molar-refractivity contribution < 1.29 is 12.8 Å². The van der Waals surface area contributed by atoms with Crippen LogP contribution in [0.15, 0.2) is 64.9 Å². The van der Waals surface area contributed by atoms with Crippen LogP contribution >= 0.6 is 11.3 Å². The van der Waals surface area contributed by atoms with Crippen molar-refractivity contribution in [3.05, 3.63) is 77.1 Å². The summed E-state index contributed by atoms with van der Waals surface area (Å²) < 4.78 is 40.0. The number of nitrogens with zero attached hydrogens (tertiary/aromatic N) is 3. The van der Waals surface area contributed by atoms with E-state index in [0.29, 0.717) is 26.2 Å². The Morgan fingerprint density at radius 2 is 1.64 bits per heavy atom.